The molecule has 0 amide bonds. The highest BCUT2D eigenvalue weighted by Crippen LogP contribution is 2.19. The molecule has 0 spiro atoms. The van der Waals surface area contributed by atoms with Crippen molar-refractivity contribution in [3.05, 3.63) is 90.0 Å². The van der Waals surface area contributed by atoms with Crippen LogP contribution in [0.15, 0.2) is 88.9 Å². The number of ether oxygens (including phenoxy) is 2. The lowest BCUT2D eigenvalue weighted by atomic mass is 10.1. The van der Waals surface area contributed by atoms with Crippen LogP contribution in [0, 0.1) is 0 Å². The number of hydrogen-bond acceptors (Lipinski definition) is 7. The molecule has 1 N–H and O–H groups in total. The number of benzene rings is 3. The van der Waals surface area contributed by atoms with Crippen LogP contribution in [0.4, 0.5) is 0 Å². The molecule has 9 heteroatoms. The third-order valence-corrected chi connectivity index (χ3v) is 6.13. The summed E-state index contributed by atoms with van der Waals surface area (Å²) in [6.07, 6.45) is 0. The van der Waals surface area contributed by atoms with Gasteiger partial charge in [0.25, 0.3) is 0 Å². The smallest absolute Gasteiger partial charge is 0.319 e. The van der Waals surface area contributed by atoms with Gasteiger partial charge in [0.05, 0.1) is 4.90 Å². The van der Waals surface area contributed by atoms with Crippen molar-refractivity contribution in [2.75, 3.05) is 19.5 Å². The number of sulfone groups is 1. The van der Waals surface area contributed by atoms with Crippen molar-refractivity contribution < 1.29 is 32.6 Å². The molecule has 0 saturated heterocycles. The summed E-state index contributed by atoms with van der Waals surface area (Å²) < 4.78 is 35.4. The van der Waals surface area contributed by atoms with Crippen LogP contribution in [0.25, 0.3) is 0 Å². The van der Waals surface area contributed by atoms with Crippen LogP contribution in [0.2, 0.25) is 0 Å². The highest BCUT2D eigenvalue weighted by Gasteiger charge is 2.18. The Morgan fingerprint density at radius 3 is 2.09 bits per heavy atom. The maximum Gasteiger partial charge on any atom is 0.319 e. The highest BCUT2D eigenvalue weighted by molar-refractivity contribution is 7.92. The van der Waals surface area contributed by atoms with E-state index in [9.17, 15) is 13.2 Å². The number of rotatable bonds is 11. The number of aliphatic carboxylic acids is 1. The second kappa shape index (κ2) is 11.1. The molecule has 0 bridgehead atoms. The number of oxime groups is 1. The van der Waals surface area contributed by atoms with E-state index >= 15 is 0 Å². The minimum Gasteiger partial charge on any atom is -0.489 e. The van der Waals surface area contributed by atoms with Crippen molar-refractivity contribution in [3.63, 3.8) is 0 Å². The molecule has 3 aromatic carbocycles. The molecule has 0 radical (unpaired) electrons. The molecule has 0 atom stereocenters. The average Bonchev–Trinajstić information content (AvgIpc) is 2.81. The molecule has 33 heavy (non-hydrogen) atoms. The van der Waals surface area contributed by atoms with Gasteiger partial charge in [0.15, 0.2) is 15.6 Å². The van der Waals surface area contributed by atoms with E-state index < -0.39 is 21.6 Å². The Morgan fingerprint density at radius 2 is 1.48 bits per heavy atom. The maximum absolute atomic E-state index is 11.9. The zero-order chi connectivity index (χ0) is 23.7. The molecule has 3 aromatic rings. The van der Waals surface area contributed by atoms with Crippen LogP contribution in [0.3, 0.4) is 0 Å². The van der Waals surface area contributed by atoms with Crippen molar-refractivity contribution in [1.82, 2.24) is 0 Å². The van der Waals surface area contributed by atoms with Gasteiger partial charge in [-0.05, 0) is 42.0 Å². The zero-order valence-corrected chi connectivity index (χ0v) is 18.7. The SMILES string of the molecule is CO/N=C(\COc1ccc(COc2ccc(S(=O)(=O)CC(=O)O)cc2)cc1)c1ccccc1. The Labute approximate surface area is 192 Å². The van der Waals surface area contributed by atoms with Gasteiger partial charge in [-0.2, -0.15) is 0 Å². The van der Waals surface area contributed by atoms with Crippen molar-refractivity contribution in [2.45, 2.75) is 11.5 Å². The molecule has 0 aliphatic heterocycles. The molecular weight excluding hydrogens is 446 g/mol. The topological polar surface area (TPSA) is 111 Å². The van der Waals surface area contributed by atoms with Gasteiger partial charge < -0.3 is 19.4 Å². The average molecular weight is 470 g/mol. The molecule has 3 rings (SSSR count). The first-order chi connectivity index (χ1) is 15.9. The van der Waals surface area contributed by atoms with E-state index in [1.165, 1.54) is 31.4 Å². The minimum atomic E-state index is -3.87. The molecule has 0 fully saturated rings. The van der Waals surface area contributed by atoms with Gasteiger partial charge in [-0.3, -0.25) is 4.79 Å². The molecule has 172 valence electrons. The normalized spacial score (nSPS) is 11.6. The summed E-state index contributed by atoms with van der Waals surface area (Å²) in [7, 11) is -2.38. The molecule has 0 saturated carbocycles. The summed E-state index contributed by atoms with van der Waals surface area (Å²) >= 11 is 0. The van der Waals surface area contributed by atoms with Gasteiger partial charge in [-0.15, -0.1) is 0 Å². The first-order valence-electron chi connectivity index (χ1n) is 9.92. The number of hydrogen-bond donors (Lipinski definition) is 1. The summed E-state index contributed by atoms with van der Waals surface area (Å²) in [5.41, 5.74) is 2.46. The van der Waals surface area contributed by atoms with Crippen molar-refractivity contribution in [2.24, 2.45) is 5.16 Å². The quantitative estimate of drug-likeness (QED) is 0.338. The van der Waals surface area contributed by atoms with E-state index in [4.69, 9.17) is 19.4 Å². The van der Waals surface area contributed by atoms with Crippen molar-refractivity contribution >= 4 is 21.5 Å². The second-order valence-electron chi connectivity index (χ2n) is 6.93. The molecule has 0 unspecified atom stereocenters. The van der Waals surface area contributed by atoms with Crippen LogP contribution >= 0.6 is 0 Å². The Kier molecular flexibility index (Phi) is 8.04. The standard InChI is InChI=1S/C24H23NO7S/c1-30-25-23(19-5-3-2-4-6-19)16-32-20-9-7-18(8-10-20)15-31-21-11-13-22(14-12-21)33(28,29)17-24(26)27/h2-14H,15-17H2,1H3,(H,26,27)/b25-23+. The fourth-order valence-electron chi connectivity index (χ4n) is 2.89. The monoisotopic (exact) mass is 469 g/mol. The third kappa shape index (κ3) is 7.08. The van der Waals surface area contributed by atoms with Gasteiger partial charge >= 0.3 is 5.97 Å². The zero-order valence-electron chi connectivity index (χ0n) is 17.9. The maximum atomic E-state index is 11.9. The van der Waals surface area contributed by atoms with E-state index in [-0.39, 0.29) is 18.1 Å². The lowest BCUT2D eigenvalue weighted by Crippen LogP contribution is -2.15. The first-order valence-corrected chi connectivity index (χ1v) is 11.6. The predicted molar refractivity (Wildman–Crippen MR) is 122 cm³/mol. The van der Waals surface area contributed by atoms with Crippen LogP contribution in [0.5, 0.6) is 11.5 Å². The van der Waals surface area contributed by atoms with E-state index in [2.05, 4.69) is 5.16 Å². The Bertz CT molecular complexity index is 1190. The van der Waals surface area contributed by atoms with E-state index in [1.807, 2.05) is 54.6 Å². The largest absolute Gasteiger partial charge is 0.489 e. The minimum absolute atomic E-state index is 0.0642. The summed E-state index contributed by atoms with van der Waals surface area (Å²) in [5, 5.41) is 12.7. The fourth-order valence-corrected chi connectivity index (χ4v) is 3.94. The van der Waals surface area contributed by atoms with Gasteiger partial charge in [-0.1, -0.05) is 47.6 Å². The summed E-state index contributed by atoms with van der Waals surface area (Å²) in [6, 6.07) is 22.6. The Balaban J connectivity index is 1.54. The number of carboxylic acid groups (broad SMARTS) is 1. The highest BCUT2D eigenvalue weighted by atomic mass is 32.2. The van der Waals surface area contributed by atoms with E-state index in [0.717, 1.165) is 11.1 Å². The van der Waals surface area contributed by atoms with Gasteiger partial charge in [-0.25, -0.2) is 8.42 Å². The van der Waals surface area contributed by atoms with E-state index in [0.29, 0.717) is 17.2 Å². The number of carboxylic acids is 1. The van der Waals surface area contributed by atoms with Crippen LogP contribution in [-0.4, -0.2) is 44.7 Å². The molecule has 8 nitrogen and oxygen atoms in total. The molecule has 0 aliphatic carbocycles. The Hall–Kier alpha value is -3.85. The third-order valence-electron chi connectivity index (χ3n) is 4.51. The van der Waals surface area contributed by atoms with Gasteiger partial charge in [0.2, 0.25) is 0 Å². The Morgan fingerprint density at radius 1 is 0.879 bits per heavy atom. The second-order valence-corrected chi connectivity index (χ2v) is 8.92. The van der Waals surface area contributed by atoms with Gasteiger partial charge in [0, 0.05) is 5.56 Å². The lowest BCUT2D eigenvalue weighted by Gasteiger charge is -2.10. The predicted octanol–water partition coefficient (Wildman–Crippen LogP) is 3.55. The summed E-state index contributed by atoms with van der Waals surface area (Å²) in [6.45, 7) is 0.507. The lowest BCUT2D eigenvalue weighted by molar-refractivity contribution is -0.134. The van der Waals surface area contributed by atoms with Crippen LogP contribution < -0.4 is 9.47 Å². The summed E-state index contributed by atoms with van der Waals surface area (Å²) in [5.74, 6) is -1.23. The summed E-state index contributed by atoms with van der Waals surface area (Å²) in [4.78, 5) is 15.5. The van der Waals surface area contributed by atoms with Crippen molar-refractivity contribution in [1.29, 1.82) is 0 Å². The van der Waals surface area contributed by atoms with Crippen LogP contribution in [0.1, 0.15) is 11.1 Å². The fraction of sp³-hybridized carbons (Fsp3) is 0.167. The van der Waals surface area contributed by atoms with Crippen molar-refractivity contribution in [3.8, 4) is 11.5 Å². The number of nitrogens with zero attached hydrogens (tertiary/aromatic N) is 1. The molecule has 0 heterocycles. The molecule has 0 aromatic heterocycles. The van der Waals surface area contributed by atoms with E-state index in [1.54, 1.807) is 0 Å². The van der Waals surface area contributed by atoms with Gasteiger partial charge in [0.1, 0.15) is 37.5 Å². The first kappa shape index (κ1) is 23.8. The molecule has 0 aliphatic rings. The van der Waals surface area contributed by atoms with Crippen LogP contribution in [-0.2, 0) is 26.1 Å². The number of carbonyl (C=O) groups is 1. The molecular formula is C24H23NO7S.